The van der Waals surface area contributed by atoms with Gasteiger partial charge in [0, 0.05) is 29.7 Å². The van der Waals surface area contributed by atoms with E-state index in [1.165, 1.54) is 5.56 Å². The molecular formula is C12H16BrNO2. The van der Waals surface area contributed by atoms with E-state index in [1.54, 1.807) is 7.11 Å². The minimum Gasteiger partial charge on any atom is -0.496 e. The predicted octanol–water partition coefficient (Wildman–Crippen LogP) is 2.02. The number of nitrogens with zero attached hydrogens (tertiary/aromatic N) is 1. The minimum absolute atomic E-state index is 0.165. The highest BCUT2D eigenvalue weighted by atomic mass is 79.9. The third kappa shape index (κ3) is 2.75. The van der Waals surface area contributed by atoms with Gasteiger partial charge in [-0.2, -0.15) is 0 Å². The lowest BCUT2D eigenvalue weighted by atomic mass is 10.2. The van der Waals surface area contributed by atoms with Crippen molar-refractivity contribution in [3.63, 3.8) is 0 Å². The summed E-state index contributed by atoms with van der Waals surface area (Å²) in [5.41, 5.74) is 1.17. The fraction of sp³-hybridized carbons (Fsp3) is 0.500. The van der Waals surface area contributed by atoms with Gasteiger partial charge in [0.15, 0.2) is 0 Å². The minimum atomic E-state index is -0.165. The molecule has 1 aliphatic heterocycles. The maximum absolute atomic E-state index is 9.47. The number of hydrogen-bond donors (Lipinski definition) is 1. The van der Waals surface area contributed by atoms with Crippen molar-refractivity contribution >= 4 is 15.9 Å². The number of benzene rings is 1. The number of aliphatic hydroxyl groups excluding tert-OH is 1. The van der Waals surface area contributed by atoms with E-state index in [2.05, 4.69) is 26.9 Å². The van der Waals surface area contributed by atoms with E-state index in [-0.39, 0.29) is 6.10 Å². The molecule has 0 saturated carbocycles. The Labute approximate surface area is 104 Å². The topological polar surface area (TPSA) is 32.7 Å². The summed E-state index contributed by atoms with van der Waals surface area (Å²) in [6.07, 6.45) is 0.709. The molecule has 1 aromatic rings. The fourth-order valence-corrected chi connectivity index (χ4v) is 2.39. The Balaban J connectivity index is 2.08. The fourth-order valence-electron chi connectivity index (χ4n) is 2.05. The van der Waals surface area contributed by atoms with E-state index in [1.807, 2.05) is 12.1 Å². The zero-order chi connectivity index (χ0) is 11.5. The molecule has 0 aliphatic carbocycles. The molecule has 1 fully saturated rings. The molecule has 4 heteroatoms. The molecular weight excluding hydrogens is 270 g/mol. The van der Waals surface area contributed by atoms with Gasteiger partial charge in [-0.3, -0.25) is 4.90 Å². The van der Waals surface area contributed by atoms with E-state index in [0.29, 0.717) is 0 Å². The summed E-state index contributed by atoms with van der Waals surface area (Å²) in [7, 11) is 1.68. The Morgan fingerprint density at radius 2 is 2.38 bits per heavy atom. The Hall–Kier alpha value is -0.580. The Kier molecular flexibility index (Phi) is 3.84. The van der Waals surface area contributed by atoms with Crippen molar-refractivity contribution in [3.05, 3.63) is 28.2 Å². The number of aliphatic hydroxyl groups is 1. The van der Waals surface area contributed by atoms with Crippen molar-refractivity contribution in [3.8, 4) is 5.75 Å². The average Bonchev–Trinajstić information content (AvgIpc) is 2.67. The lowest BCUT2D eigenvalue weighted by Gasteiger charge is -2.17. The van der Waals surface area contributed by atoms with E-state index < -0.39 is 0 Å². The van der Waals surface area contributed by atoms with Crippen molar-refractivity contribution in [1.82, 2.24) is 4.90 Å². The van der Waals surface area contributed by atoms with Crippen LogP contribution in [-0.2, 0) is 6.54 Å². The summed E-state index contributed by atoms with van der Waals surface area (Å²) in [4.78, 5) is 2.25. The van der Waals surface area contributed by atoms with E-state index >= 15 is 0 Å². The first-order valence-electron chi connectivity index (χ1n) is 5.42. The first kappa shape index (κ1) is 11.9. The molecule has 0 radical (unpaired) electrons. The number of hydrogen-bond acceptors (Lipinski definition) is 3. The third-order valence-electron chi connectivity index (χ3n) is 2.89. The van der Waals surface area contributed by atoms with E-state index in [4.69, 9.17) is 4.74 Å². The van der Waals surface area contributed by atoms with Crippen LogP contribution < -0.4 is 4.74 Å². The van der Waals surface area contributed by atoms with Gasteiger partial charge in [-0.25, -0.2) is 0 Å². The zero-order valence-corrected chi connectivity index (χ0v) is 10.9. The van der Waals surface area contributed by atoms with Crippen LogP contribution in [0.15, 0.2) is 22.7 Å². The average molecular weight is 286 g/mol. The van der Waals surface area contributed by atoms with Crippen LogP contribution in [0.1, 0.15) is 12.0 Å². The molecule has 16 heavy (non-hydrogen) atoms. The van der Waals surface area contributed by atoms with Crippen molar-refractivity contribution < 1.29 is 9.84 Å². The van der Waals surface area contributed by atoms with Crippen LogP contribution in [0.25, 0.3) is 0 Å². The predicted molar refractivity (Wildman–Crippen MR) is 66.6 cm³/mol. The molecule has 0 bridgehead atoms. The Morgan fingerprint density at radius 1 is 1.56 bits per heavy atom. The lowest BCUT2D eigenvalue weighted by molar-refractivity contribution is 0.174. The summed E-state index contributed by atoms with van der Waals surface area (Å²) in [6.45, 7) is 2.56. The quantitative estimate of drug-likeness (QED) is 0.922. The Morgan fingerprint density at radius 3 is 3.00 bits per heavy atom. The van der Waals surface area contributed by atoms with Crippen molar-refractivity contribution in [2.24, 2.45) is 0 Å². The molecule has 3 nitrogen and oxygen atoms in total. The van der Waals surface area contributed by atoms with Gasteiger partial charge in [-0.05, 0) is 18.6 Å². The van der Waals surface area contributed by atoms with Gasteiger partial charge in [0.25, 0.3) is 0 Å². The lowest BCUT2D eigenvalue weighted by Crippen LogP contribution is -2.21. The second-order valence-corrected chi connectivity index (χ2v) is 5.05. The van der Waals surface area contributed by atoms with Crippen LogP contribution in [0.4, 0.5) is 0 Å². The van der Waals surface area contributed by atoms with Gasteiger partial charge in [-0.15, -0.1) is 0 Å². The van der Waals surface area contributed by atoms with Crippen LogP contribution in [0, 0.1) is 0 Å². The van der Waals surface area contributed by atoms with Crippen LogP contribution >= 0.6 is 15.9 Å². The zero-order valence-electron chi connectivity index (χ0n) is 9.32. The largest absolute Gasteiger partial charge is 0.496 e. The van der Waals surface area contributed by atoms with E-state index in [0.717, 1.165) is 36.3 Å². The van der Waals surface area contributed by atoms with E-state index in [9.17, 15) is 5.11 Å². The molecule has 1 aliphatic rings. The van der Waals surface area contributed by atoms with Gasteiger partial charge in [-0.1, -0.05) is 22.0 Å². The summed E-state index contributed by atoms with van der Waals surface area (Å²) in [6, 6.07) is 6.06. The SMILES string of the molecule is COc1cc(Br)ccc1CN1CC[C@@H](O)C1. The molecule has 1 heterocycles. The van der Waals surface area contributed by atoms with Gasteiger partial charge >= 0.3 is 0 Å². The standard InChI is InChI=1S/C12H16BrNO2/c1-16-12-6-10(13)3-2-9(12)7-14-5-4-11(15)8-14/h2-3,6,11,15H,4-5,7-8H2,1H3/t11-/m1/s1. The van der Waals surface area contributed by atoms with Gasteiger partial charge in [0.2, 0.25) is 0 Å². The molecule has 0 spiro atoms. The molecule has 1 N–H and O–H groups in total. The summed E-state index contributed by atoms with van der Waals surface area (Å²) in [5, 5.41) is 9.47. The third-order valence-corrected chi connectivity index (χ3v) is 3.38. The van der Waals surface area contributed by atoms with Gasteiger partial charge in [0.05, 0.1) is 13.2 Å². The highest BCUT2D eigenvalue weighted by molar-refractivity contribution is 9.10. The molecule has 0 unspecified atom stereocenters. The van der Waals surface area contributed by atoms with Crippen LogP contribution in [0.2, 0.25) is 0 Å². The van der Waals surface area contributed by atoms with Crippen LogP contribution in [-0.4, -0.2) is 36.3 Å². The number of halogens is 1. The highest BCUT2D eigenvalue weighted by Gasteiger charge is 2.20. The van der Waals surface area contributed by atoms with Crippen molar-refractivity contribution in [2.45, 2.75) is 19.1 Å². The second-order valence-electron chi connectivity index (χ2n) is 4.13. The number of ether oxygens (including phenoxy) is 1. The number of likely N-dealkylation sites (tertiary alicyclic amines) is 1. The van der Waals surface area contributed by atoms with Crippen LogP contribution in [0.5, 0.6) is 5.75 Å². The molecule has 88 valence electrons. The number of rotatable bonds is 3. The molecule has 0 amide bonds. The maximum Gasteiger partial charge on any atom is 0.124 e. The van der Waals surface area contributed by atoms with Crippen molar-refractivity contribution in [2.75, 3.05) is 20.2 Å². The highest BCUT2D eigenvalue weighted by Crippen LogP contribution is 2.25. The monoisotopic (exact) mass is 285 g/mol. The first-order chi connectivity index (χ1) is 7.69. The summed E-state index contributed by atoms with van der Waals surface area (Å²) in [5.74, 6) is 0.899. The second kappa shape index (κ2) is 5.17. The Bertz CT molecular complexity index is 370. The summed E-state index contributed by atoms with van der Waals surface area (Å²) >= 11 is 3.43. The molecule has 1 atom stereocenters. The van der Waals surface area contributed by atoms with Crippen molar-refractivity contribution in [1.29, 1.82) is 0 Å². The van der Waals surface area contributed by atoms with Gasteiger partial charge < -0.3 is 9.84 Å². The van der Waals surface area contributed by atoms with Crippen LogP contribution in [0.3, 0.4) is 0 Å². The number of methoxy groups -OCH3 is 1. The molecule has 1 saturated heterocycles. The summed E-state index contributed by atoms with van der Waals surface area (Å²) < 4.78 is 6.37. The maximum atomic E-state index is 9.47. The molecule has 0 aromatic heterocycles. The first-order valence-corrected chi connectivity index (χ1v) is 6.21. The number of β-amino-alcohol motifs (C(OH)–C–C–N with tert-alkyl or cyclic N) is 1. The van der Waals surface area contributed by atoms with Gasteiger partial charge in [0.1, 0.15) is 5.75 Å². The molecule has 1 aromatic carbocycles. The smallest absolute Gasteiger partial charge is 0.124 e. The molecule has 2 rings (SSSR count). The normalized spacial score (nSPS) is 21.3.